The van der Waals surface area contributed by atoms with Crippen molar-refractivity contribution in [2.45, 2.75) is 104 Å². The Morgan fingerprint density at radius 2 is 1.78 bits per heavy atom. The number of hydrogen-bond donors (Lipinski definition) is 0. The van der Waals surface area contributed by atoms with Crippen LogP contribution in [0.1, 0.15) is 84.6 Å². The summed E-state index contributed by atoms with van der Waals surface area (Å²) in [4.78, 5) is 11.0. The van der Waals surface area contributed by atoms with Gasteiger partial charge in [-0.05, 0) is 61.8 Å². The molecule has 0 aliphatic carbocycles. The lowest BCUT2D eigenvalue weighted by Crippen LogP contribution is -2.53. The molecule has 1 spiro atoms. The van der Waals surface area contributed by atoms with Crippen LogP contribution in [0.3, 0.4) is 0 Å². The number of benzene rings is 1. The highest BCUT2D eigenvalue weighted by Crippen LogP contribution is 2.45. The predicted molar refractivity (Wildman–Crippen MR) is 128 cm³/mol. The number of carbonyl (C=O) groups is 1. The first-order chi connectivity index (χ1) is 15.4. The molecule has 4 nitrogen and oxygen atoms in total. The Morgan fingerprint density at radius 1 is 1.06 bits per heavy atom. The largest absolute Gasteiger partial charge is 0.377 e. The molecule has 0 aromatic heterocycles. The Balaban J connectivity index is 1.47. The minimum atomic E-state index is -0.420. The second kappa shape index (κ2) is 12.3. The van der Waals surface area contributed by atoms with E-state index in [9.17, 15) is 4.79 Å². The van der Waals surface area contributed by atoms with E-state index in [1.165, 1.54) is 5.56 Å². The summed E-state index contributed by atoms with van der Waals surface area (Å²) in [6, 6.07) is 10.4. The average molecular weight is 445 g/mol. The van der Waals surface area contributed by atoms with Crippen molar-refractivity contribution >= 4 is 6.29 Å². The van der Waals surface area contributed by atoms with E-state index in [1.807, 2.05) is 13.0 Å². The molecule has 7 atom stereocenters. The van der Waals surface area contributed by atoms with Crippen molar-refractivity contribution in [2.24, 2.45) is 23.7 Å². The van der Waals surface area contributed by atoms with Crippen molar-refractivity contribution in [3.05, 3.63) is 35.9 Å². The van der Waals surface area contributed by atoms with Crippen molar-refractivity contribution in [2.75, 3.05) is 6.61 Å². The smallest absolute Gasteiger partial charge is 0.169 e. The molecular weight excluding hydrogens is 400 g/mol. The van der Waals surface area contributed by atoms with Gasteiger partial charge in [0.05, 0.1) is 18.8 Å². The van der Waals surface area contributed by atoms with Crippen LogP contribution >= 0.6 is 0 Å². The lowest BCUT2D eigenvalue weighted by Gasteiger charge is -2.51. The Hall–Kier alpha value is -1.23. The SMILES string of the molecule is C[C@H](C=O)CC[C@@H]1O[C@@]2(CC[C@H]1C)CC[C@H](C)[C@H]([C@H](C)CCCOCc1ccccc1)O2. The lowest BCUT2D eigenvalue weighted by atomic mass is 9.80. The van der Waals surface area contributed by atoms with Crippen LogP contribution in [0.25, 0.3) is 0 Å². The molecule has 0 amide bonds. The molecule has 0 N–H and O–H groups in total. The number of carbonyl (C=O) groups excluding carboxylic acids is 1. The summed E-state index contributed by atoms with van der Waals surface area (Å²) in [5, 5.41) is 0. The van der Waals surface area contributed by atoms with Gasteiger partial charge in [-0.25, -0.2) is 0 Å². The molecule has 1 aromatic rings. The van der Waals surface area contributed by atoms with Crippen LogP contribution in [0.15, 0.2) is 30.3 Å². The maximum atomic E-state index is 11.0. The van der Waals surface area contributed by atoms with Crippen LogP contribution in [-0.2, 0) is 25.6 Å². The Labute approximate surface area is 195 Å². The molecule has 1 aromatic carbocycles. The zero-order chi connectivity index (χ0) is 23.0. The summed E-state index contributed by atoms with van der Waals surface area (Å²) in [6.07, 6.45) is 9.77. The second-order valence-corrected chi connectivity index (χ2v) is 10.5. The minimum absolute atomic E-state index is 0.104. The third-order valence-corrected chi connectivity index (χ3v) is 7.63. The number of ether oxygens (including phenoxy) is 3. The van der Waals surface area contributed by atoms with E-state index in [1.54, 1.807) is 0 Å². The second-order valence-electron chi connectivity index (χ2n) is 10.5. The Kier molecular flexibility index (Phi) is 9.76. The summed E-state index contributed by atoms with van der Waals surface area (Å²) < 4.78 is 19.4. The van der Waals surface area contributed by atoms with Gasteiger partial charge in [-0.1, -0.05) is 58.0 Å². The van der Waals surface area contributed by atoms with Crippen molar-refractivity contribution in [3.8, 4) is 0 Å². The van der Waals surface area contributed by atoms with E-state index >= 15 is 0 Å². The van der Waals surface area contributed by atoms with E-state index in [4.69, 9.17) is 14.2 Å². The van der Waals surface area contributed by atoms with Gasteiger partial charge in [-0.3, -0.25) is 0 Å². The first-order valence-corrected chi connectivity index (χ1v) is 12.8. The lowest BCUT2D eigenvalue weighted by molar-refractivity contribution is -0.338. The molecule has 0 unspecified atom stereocenters. The van der Waals surface area contributed by atoms with Gasteiger partial charge >= 0.3 is 0 Å². The van der Waals surface area contributed by atoms with Gasteiger partial charge in [0.2, 0.25) is 0 Å². The van der Waals surface area contributed by atoms with E-state index in [0.29, 0.717) is 24.4 Å². The summed E-state index contributed by atoms with van der Waals surface area (Å²) in [5.74, 6) is 1.25. The molecule has 0 radical (unpaired) electrons. The fourth-order valence-electron chi connectivity index (χ4n) is 5.34. The van der Waals surface area contributed by atoms with Gasteiger partial charge in [0.1, 0.15) is 6.29 Å². The van der Waals surface area contributed by atoms with Crippen LogP contribution in [0.4, 0.5) is 0 Å². The number of hydrogen-bond acceptors (Lipinski definition) is 4. The van der Waals surface area contributed by atoms with Gasteiger partial charge < -0.3 is 19.0 Å². The minimum Gasteiger partial charge on any atom is -0.377 e. The van der Waals surface area contributed by atoms with Gasteiger partial charge in [-0.2, -0.15) is 0 Å². The van der Waals surface area contributed by atoms with Crippen LogP contribution < -0.4 is 0 Å². The molecule has 32 heavy (non-hydrogen) atoms. The monoisotopic (exact) mass is 444 g/mol. The van der Waals surface area contributed by atoms with E-state index in [0.717, 1.165) is 64.3 Å². The molecule has 3 rings (SSSR count). The summed E-state index contributed by atoms with van der Waals surface area (Å²) in [5.41, 5.74) is 1.23. The highest BCUT2D eigenvalue weighted by Gasteiger charge is 2.47. The molecular formula is C28H44O4. The normalized spacial score (nSPS) is 32.5. The average Bonchev–Trinajstić information content (AvgIpc) is 2.81. The van der Waals surface area contributed by atoms with Crippen molar-refractivity contribution < 1.29 is 19.0 Å². The van der Waals surface area contributed by atoms with Gasteiger partial charge in [0, 0.05) is 25.4 Å². The Morgan fingerprint density at radius 3 is 2.50 bits per heavy atom. The van der Waals surface area contributed by atoms with Gasteiger partial charge in [-0.15, -0.1) is 0 Å². The van der Waals surface area contributed by atoms with Crippen LogP contribution in [0, 0.1) is 23.7 Å². The van der Waals surface area contributed by atoms with E-state index < -0.39 is 5.79 Å². The molecule has 2 saturated heterocycles. The fourth-order valence-corrected chi connectivity index (χ4v) is 5.34. The first-order valence-electron chi connectivity index (χ1n) is 12.8. The summed E-state index contributed by atoms with van der Waals surface area (Å²) in [7, 11) is 0. The molecule has 180 valence electrons. The molecule has 2 heterocycles. The number of aldehydes is 1. The maximum Gasteiger partial charge on any atom is 0.169 e. The summed E-state index contributed by atoms with van der Waals surface area (Å²) in [6.45, 7) is 10.4. The van der Waals surface area contributed by atoms with Crippen molar-refractivity contribution in [3.63, 3.8) is 0 Å². The number of rotatable bonds is 11. The van der Waals surface area contributed by atoms with Crippen LogP contribution in [0.5, 0.6) is 0 Å². The maximum absolute atomic E-state index is 11.0. The molecule has 0 bridgehead atoms. The third-order valence-electron chi connectivity index (χ3n) is 7.63. The highest BCUT2D eigenvalue weighted by atomic mass is 16.7. The zero-order valence-electron chi connectivity index (χ0n) is 20.6. The fraction of sp³-hybridized carbons (Fsp3) is 0.750. The zero-order valence-corrected chi connectivity index (χ0v) is 20.6. The summed E-state index contributed by atoms with van der Waals surface area (Å²) >= 11 is 0. The highest BCUT2D eigenvalue weighted by molar-refractivity contribution is 5.52. The first kappa shape index (κ1) is 25.4. The molecule has 4 heteroatoms. The molecule has 2 aliphatic rings. The van der Waals surface area contributed by atoms with E-state index in [2.05, 4.69) is 45.0 Å². The van der Waals surface area contributed by atoms with Crippen LogP contribution in [-0.4, -0.2) is 30.9 Å². The van der Waals surface area contributed by atoms with Crippen molar-refractivity contribution in [1.82, 2.24) is 0 Å². The molecule has 2 aliphatic heterocycles. The topological polar surface area (TPSA) is 44.8 Å². The molecule has 2 fully saturated rings. The standard InChI is InChI=1S/C28H44O4/c1-21(19-29)12-13-26-22(2)14-16-28(31-26)17-15-24(4)27(32-28)23(3)9-8-18-30-20-25-10-6-5-7-11-25/h5-7,10-11,19,21-24,26-27H,8-9,12-18,20H2,1-4H3/t21-,22+,23+,24-,26-,27-,28+/m0/s1. The van der Waals surface area contributed by atoms with Gasteiger partial charge in [0.25, 0.3) is 0 Å². The predicted octanol–water partition coefficient (Wildman–Crippen LogP) is 6.56. The van der Waals surface area contributed by atoms with Crippen molar-refractivity contribution in [1.29, 1.82) is 0 Å². The van der Waals surface area contributed by atoms with Crippen LogP contribution in [0.2, 0.25) is 0 Å². The third kappa shape index (κ3) is 7.13. The Bertz CT molecular complexity index is 673. The molecule has 0 saturated carbocycles. The van der Waals surface area contributed by atoms with Gasteiger partial charge in [0.15, 0.2) is 5.79 Å². The van der Waals surface area contributed by atoms with E-state index in [-0.39, 0.29) is 18.1 Å². The quantitative estimate of drug-likeness (QED) is 0.286.